The monoisotopic (exact) mass is 326 g/mol. The Morgan fingerprint density at radius 2 is 1.22 bits per heavy atom. The minimum atomic E-state index is -0.0471. The second-order valence-corrected chi connectivity index (χ2v) is 6.75. The molecule has 0 aromatic carbocycles. The Kier molecular flexibility index (Phi) is 15.1. The topological polar surface area (TPSA) is 58.2 Å². The van der Waals surface area contributed by atoms with Crippen LogP contribution in [0.15, 0.2) is 0 Å². The maximum absolute atomic E-state index is 11.6. The summed E-state index contributed by atoms with van der Waals surface area (Å²) in [6.07, 6.45) is 13.5. The van der Waals surface area contributed by atoms with Gasteiger partial charge < -0.3 is 10.6 Å². The minimum Gasteiger partial charge on any atom is -0.356 e. The Labute approximate surface area is 143 Å². The van der Waals surface area contributed by atoms with Gasteiger partial charge >= 0.3 is 0 Å². The summed E-state index contributed by atoms with van der Waals surface area (Å²) >= 11 is 0. The van der Waals surface area contributed by atoms with Gasteiger partial charge in [0.25, 0.3) is 0 Å². The molecule has 0 saturated carbocycles. The summed E-state index contributed by atoms with van der Waals surface area (Å²) in [6.45, 7) is 6.83. The molecule has 2 amide bonds. The number of carbonyl (C=O) groups excluding carboxylic acids is 2. The van der Waals surface area contributed by atoms with Crippen LogP contribution in [0.3, 0.4) is 0 Å². The van der Waals surface area contributed by atoms with E-state index in [1.807, 2.05) is 13.8 Å². The molecule has 136 valence electrons. The van der Waals surface area contributed by atoms with Crippen molar-refractivity contribution in [3.63, 3.8) is 0 Å². The summed E-state index contributed by atoms with van der Waals surface area (Å²) in [6, 6.07) is 0.136. The van der Waals surface area contributed by atoms with Crippen molar-refractivity contribution in [3.8, 4) is 0 Å². The first kappa shape index (κ1) is 21.9. The predicted molar refractivity (Wildman–Crippen MR) is 97.4 cm³/mol. The second-order valence-electron chi connectivity index (χ2n) is 6.75. The minimum absolute atomic E-state index is 0.0140. The first-order chi connectivity index (χ1) is 11.1. The molecule has 0 aliphatic carbocycles. The Bertz CT molecular complexity index is 304. The Hall–Kier alpha value is -1.06. The molecule has 0 rings (SSSR count). The van der Waals surface area contributed by atoms with Gasteiger partial charge in [-0.1, -0.05) is 64.7 Å². The van der Waals surface area contributed by atoms with Crippen molar-refractivity contribution in [2.24, 2.45) is 0 Å². The van der Waals surface area contributed by atoms with E-state index in [0.29, 0.717) is 0 Å². The van der Waals surface area contributed by atoms with Crippen molar-refractivity contribution in [1.82, 2.24) is 10.6 Å². The van der Waals surface area contributed by atoms with Crippen molar-refractivity contribution in [2.75, 3.05) is 6.54 Å². The maximum Gasteiger partial charge on any atom is 0.220 e. The van der Waals surface area contributed by atoms with Gasteiger partial charge in [-0.2, -0.15) is 0 Å². The number of nitrogens with one attached hydrogen (secondary N) is 2. The molecule has 0 aliphatic rings. The molecule has 0 aromatic rings. The fourth-order valence-electron chi connectivity index (χ4n) is 2.55. The molecule has 0 fully saturated rings. The smallest absolute Gasteiger partial charge is 0.220 e. The summed E-state index contributed by atoms with van der Waals surface area (Å²) in [4.78, 5) is 23.0. The molecule has 4 nitrogen and oxygen atoms in total. The van der Waals surface area contributed by atoms with Crippen molar-refractivity contribution in [1.29, 1.82) is 0 Å². The van der Waals surface area contributed by atoms with Crippen molar-refractivity contribution in [2.45, 2.75) is 104 Å². The van der Waals surface area contributed by atoms with Crippen LogP contribution in [0.5, 0.6) is 0 Å². The lowest BCUT2D eigenvalue weighted by atomic mass is 10.1. The fourth-order valence-corrected chi connectivity index (χ4v) is 2.55. The van der Waals surface area contributed by atoms with Crippen LogP contribution in [0.2, 0.25) is 0 Å². The van der Waals surface area contributed by atoms with Crippen molar-refractivity contribution < 1.29 is 9.59 Å². The molecule has 0 saturated heterocycles. The van der Waals surface area contributed by atoms with Gasteiger partial charge in [0.2, 0.25) is 11.8 Å². The molecule has 0 unspecified atom stereocenters. The van der Waals surface area contributed by atoms with Crippen molar-refractivity contribution >= 4 is 11.8 Å². The molecule has 0 spiro atoms. The molecule has 2 N–H and O–H groups in total. The van der Waals surface area contributed by atoms with Crippen LogP contribution in [0, 0.1) is 0 Å². The quantitative estimate of drug-likeness (QED) is 0.440. The molecule has 0 atom stereocenters. The van der Waals surface area contributed by atoms with Crippen LogP contribution in [-0.4, -0.2) is 24.4 Å². The summed E-state index contributed by atoms with van der Waals surface area (Å²) < 4.78 is 0. The normalized spacial score (nSPS) is 10.8. The van der Waals surface area contributed by atoms with Gasteiger partial charge in [0.15, 0.2) is 0 Å². The maximum atomic E-state index is 11.6. The molecule has 0 radical (unpaired) electrons. The van der Waals surface area contributed by atoms with Crippen LogP contribution in [0.1, 0.15) is 97.8 Å². The third-order valence-electron chi connectivity index (χ3n) is 3.88. The molecule has 0 heterocycles. The molecular weight excluding hydrogens is 288 g/mol. The third kappa shape index (κ3) is 17.1. The third-order valence-corrected chi connectivity index (χ3v) is 3.88. The zero-order valence-electron chi connectivity index (χ0n) is 15.6. The van der Waals surface area contributed by atoms with E-state index in [1.165, 1.54) is 57.8 Å². The van der Waals surface area contributed by atoms with Gasteiger partial charge in [-0.3, -0.25) is 9.59 Å². The van der Waals surface area contributed by atoms with Crippen LogP contribution in [-0.2, 0) is 9.59 Å². The van der Waals surface area contributed by atoms with Crippen LogP contribution in [0.4, 0.5) is 0 Å². The van der Waals surface area contributed by atoms with E-state index in [-0.39, 0.29) is 30.7 Å². The number of unbranched alkanes of at least 4 members (excludes halogenated alkanes) is 9. The lowest BCUT2D eigenvalue weighted by Gasteiger charge is -2.08. The average Bonchev–Trinajstić information content (AvgIpc) is 2.50. The molecular formula is C19H38N2O2. The molecule has 4 heteroatoms. The number of hydrogen-bond donors (Lipinski definition) is 2. The average molecular weight is 327 g/mol. The largest absolute Gasteiger partial charge is 0.356 e. The standard InChI is InChI=1S/C19H38N2O2/c1-4-5-6-7-8-9-10-11-12-13-16-20-18(22)14-15-19(23)21-17(2)3/h17H,4-16H2,1-3H3,(H,20,22)(H,21,23). The van der Waals surface area contributed by atoms with E-state index in [4.69, 9.17) is 0 Å². The van der Waals surface area contributed by atoms with E-state index < -0.39 is 0 Å². The molecule has 0 aromatic heterocycles. The number of hydrogen-bond acceptors (Lipinski definition) is 2. The first-order valence-corrected chi connectivity index (χ1v) is 9.62. The van der Waals surface area contributed by atoms with E-state index in [9.17, 15) is 9.59 Å². The fraction of sp³-hybridized carbons (Fsp3) is 0.895. The van der Waals surface area contributed by atoms with Crippen LogP contribution >= 0.6 is 0 Å². The Morgan fingerprint density at radius 3 is 1.74 bits per heavy atom. The Morgan fingerprint density at radius 1 is 0.739 bits per heavy atom. The zero-order valence-corrected chi connectivity index (χ0v) is 15.6. The zero-order chi connectivity index (χ0) is 17.3. The summed E-state index contributed by atoms with van der Waals surface area (Å²) in [7, 11) is 0. The lowest BCUT2D eigenvalue weighted by molar-refractivity contribution is -0.126. The highest BCUT2D eigenvalue weighted by Crippen LogP contribution is 2.10. The van der Waals surface area contributed by atoms with Gasteiger partial charge in [-0.05, 0) is 20.3 Å². The second kappa shape index (κ2) is 15.8. The molecule has 0 aliphatic heterocycles. The van der Waals surface area contributed by atoms with E-state index in [2.05, 4.69) is 17.6 Å². The van der Waals surface area contributed by atoms with Gasteiger partial charge in [0.1, 0.15) is 0 Å². The van der Waals surface area contributed by atoms with E-state index in [0.717, 1.165) is 13.0 Å². The van der Waals surface area contributed by atoms with E-state index in [1.54, 1.807) is 0 Å². The highest BCUT2D eigenvalue weighted by Gasteiger charge is 2.07. The lowest BCUT2D eigenvalue weighted by Crippen LogP contribution is -2.32. The predicted octanol–water partition coefficient (Wildman–Crippen LogP) is 4.33. The highest BCUT2D eigenvalue weighted by molar-refractivity contribution is 5.83. The molecule has 23 heavy (non-hydrogen) atoms. The summed E-state index contributed by atoms with van der Waals surface area (Å²) in [5.74, 6) is -0.0612. The first-order valence-electron chi connectivity index (χ1n) is 9.62. The van der Waals surface area contributed by atoms with Crippen molar-refractivity contribution in [3.05, 3.63) is 0 Å². The molecule has 0 bridgehead atoms. The van der Waals surface area contributed by atoms with Gasteiger partial charge in [-0.25, -0.2) is 0 Å². The van der Waals surface area contributed by atoms with E-state index >= 15 is 0 Å². The SMILES string of the molecule is CCCCCCCCCCCCNC(=O)CCC(=O)NC(C)C. The number of rotatable bonds is 15. The number of amides is 2. The Balaban J connectivity index is 3.28. The number of carbonyl (C=O) groups is 2. The van der Waals surface area contributed by atoms with Gasteiger partial charge in [-0.15, -0.1) is 0 Å². The summed E-state index contributed by atoms with van der Waals surface area (Å²) in [5, 5.41) is 5.69. The highest BCUT2D eigenvalue weighted by atomic mass is 16.2. The van der Waals surface area contributed by atoms with Gasteiger partial charge in [0.05, 0.1) is 0 Å². The summed E-state index contributed by atoms with van der Waals surface area (Å²) in [5.41, 5.74) is 0. The van der Waals surface area contributed by atoms with Crippen LogP contribution in [0.25, 0.3) is 0 Å². The van der Waals surface area contributed by atoms with Gasteiger partial charge in [0, 0.05) is 25.4 Å². The van der Waals surface area contributed by atoms with Crippen LogP contribution < -0.4 is 10.6 Å².